The van der Waals surface area contributed by atoms with Crippen molar-refractivity contribution in [2.24, 2.45) is 5.73 Å². The molecule has 0 fully saturated rings. The van der Waals surface area contributed by atoms with Gasteiger partial charge >= 0.3 is 0 Å². The van der Waals surface area contributed by atoms with Crippen LogP contribution in [-0.2, 0) is 4.79 Å². The molecule has 0 radical (unpaired) electrons. The first-order valence-electron chi connectivity index (χ1n) is 6.09. The highest BCUT2D eigenvalue weighted by molar-refractivity contribution is 5.96. The second-order valence-electron chi connectivity index (χ2n) is 4.17. The smallest absolute Gasteiger partial charge is 0.260 e. The van der Waals surface area contributed by atoms with Gasteiger partial charge in [-0.25, -0.2) is 0 Å². The van der Waals surface area contributed by atoms with Gasteiger partial charge in [-0.2, -0.15) is 0 Å². The highest BCUT2D eigenvalue weighted by atomic mass is 16.5. The number of benzene rings is 1. The molecule has 1 aromatic carbocycles. The minimum atomic E-state index is -0.715. The molecule has 6 heteroatoms. The Morgan fingerprint density at radius 2 is 2.11 bits per heavy atom. The normalized spacial score (nSPS) is 11.7. The molecule has 0 aliphatic heterocycles. The highest BCUT2D eigenvalue weighted by Gasteiger charge is 2.17. The Morgan fingerprint density at radius 1 is 1.42 bits per heavy atom. The van der Waals surface area contributed by atoms with Gasteiger partial charge in [0.25, 0.3) is 11.8 Å². The maximum Gasteiger partial charge on any atom is 0.260 e. The van der Waals surface area contributed by atoms with E-state index in [1.807, 2.05) is 6.92 Å². The van der Waals surface area contributed by atoms with E-state index in [0.29, 0.717) is 12.2 Å². The van der Waals surface area contributed by atoms with Crippen LogP contribution in [0.3, 0.4) is 0 Å². The number of carbonyl (C=O) groups is 2. The Labute approximate surface area is 112 Å². The molecule has 1 unspecified atom stereocenters. The molecule has 2 amide bonds. The van der Waals surface area contributed by atoms with Crippen molar-refractivity contribution in [3.63, 3.8) is 0 Å². The van der Waals surface area contributed by atoms with Gasteiger partial charge in [0.05, 0.1) is 5.56 Å². The fourth-order valence-corrected chi connectivity index (χ4v) is 1.48. The van der Waals surface area contributed by atoms with Crippen molar-refractivity contribution in [2.45, 2.75) is 26.4 Å². The van der Waals surface area contributed by atoms with E-state index in [1.165, 1.54) is 12.1 Å². The van der Waals surface area contributed by atoms with Crippen LogP contribution in [0.1, 0.15) is 30.6 Å². The molecule has 0 aliphatic rings. The lowest BCUT2D eigenvalue weighted by atomic mass is 10.1. The number of hydrogen-bond acceptors (Lipinski definition) is 4. The minimum absolute atomic E-state index is 0.162. The summed E-state index contributed by atoms with van der Waals surface area (Å²) in [5.41, 5.74) is 11.4. The molecule has 0 heterocycles. The molecule has 0 saturated carbocycles. The van der Waals surface area contributed by atoms with Crippen LogP contribution >= 0.6 is 0 Å². The molecule has 0 saturated heterocycles. The largest absolute Gasteiger partial charge is 0.480 e. The lowest BCUT2D eigenvalue weighted by molar-refractivity contribution is -0.127. The van der Waals surface area contributed by atoms with Crippen LogP contribution < -0.4 is 21.5 Å². The Balaban J connectivity index is 2.81. The second kappa shape index (κ2) is 6.63. The number of carbonyl (C=O) groups excluding carboxylic acids is 2. The summed E-state index contributed by atoms with van der Waals surface area (Å²) in [7, 11) is 0. The van der Waals surface area contributed by atoms with Gasteiger partial charge in [0.1, 0.15) is 5.75 Å². The van der Waals surface area contributed by atoms with E-state index in [-0.39, 0.29) is 17.2 Å². The van der Waals surface area contributed by atoms with Gasteiger partial charge in [-0.1, -0.05) is 6.92 Å². The fraction of sp³-hybridized carbons (Fsp3) is 0.385. The third-order valence-electron chi connectivity index (χ3n) is 2.49. The molecule has 1 rings (SSSR count). The van der Waals surface area contributed by atoms with Gasteiger partial charge in [-0.15, -0.1) is 0 Å². The summed E-state index contributed by atoms with van der Waals surface area (Å²) in [4.78, 5) is 23.0. The van der Waals surface area contributed by atoms with Crippen LogP contribution in [-0.4, -0.2) is 24.5 Å². The third-order valence-corrected chi connectivity index (χ3v) is 2.49. The lowest BCUT2D eigenvalue weighted by Crippen LogP contribution is -2.37. The summed E-state index contributed by atoms with van der Waals surface area (Å²) >= 11 is 0. The molecule has 0 bridgehead atoms. The fourth-order valence-electron chi connectivity index (χ4n) is 1.48. The maximum absolute atomic E-state index is 11.7. The van der Waals surface area contributed by atoms with Crippen LogP contribution in [0.2, 0.25) is 0 Å². The van der Waals surface area contributed by atoms with E-state index in [4.69, 9.17) is 16.2 Å². The van der Waals surface area contributed by atoms with Crippen LogP contribution in [0, 0.1) is 0 Å². The molecular weight excluding hydrogens is 246 g/mol. The van der Waals surface area contributed by atoms with Crippen molar-refractivity contribution in [3.8, 4) is 5.75 Å². The molecule has 5 N–H and O–H groups in total. The lowest BCUT2D eigenvalue weighted by Gasteiger charge is -2.16. The van der Waals surface area contributed by atoms with Crippen molar-refractivity contribution in [1.82, 2.24) is 5.32 Å². The minimum Gasteiger partial charge on any atom is -0.480 e. The Morgan fingerprint density at radius 3 is 2.68 bits per heavy atom. The van der Waals surface area contributed by atoms with Gasteiger partial charge in [0.2, 0.25) is 0 Å². The summed E-state index contributed by atoms with van der Waals surface area (Å²) in [6.07, 6.45) is 0.126. The zero-order chi connectivity index (χ0) is 14.4. The predicted octanol–water partition coefficient (Wildman–Crippen LogP) is 0.661. The van der Waals surface area contributed by atoms with E-state index < -0.39 is 12.0 Å². The van der Waals surface area contributed by atoms with Crippen molar-refractivity contribution >= 4 is 17.5 Å². The number of anilines is 1. The zero-order valence-corrected chi connectivity index (χ0v) is 11.1. The maximum atomic E-state index is 11.7. The Kier molecular flexibility index (Phi) is 5.17. The van der Waals surface area contributed by atoms with Gasteiger partial charge < -0.3 is 21.5 Å². The summed E-state index contributed by atoms with van der Waals surface area (Å²) in [6.45, 7) is 4.14. The molecule has 1 aromatic rings. The molecule has 0 spiro atoms. The topological polar surface area (TPSA) is 107 Å². The van der Waals surface area contributed by atoms with Gasteiger partial charge in [0.15, 0.2) is 6.10 Å². The van der Waals surface area contributed by atoms with E-state index in [1.54, 1.807) is 13.0 Å². The number of rotatable bonds is 6. The van der Waals surface area contributed by atoms with Crippen LogP contribution in [0.15, 0.2) is 18.2 Å². The van der Waals surface area contributed by atoms with Crippen molar-refractivity contribution < 1.29 is 14.3 Å². The zero-order valence-electron chi connectivity index (χ0n) is 11.1. The average Bonchev–Trinajstić information content (AvgIpc) is 2.37. The third kappa shape index (κ3) is 4.17. The molecule has 104 valence electrons. The molecule has 19 heavy (non-hydrogen) atoms. The Bertz CT molecular complexity index is 474. The molecule has 0 aliphatic carbocycles. The molecule has 1 atom stereocenters. The number of nitrogens with two attached hydrogens (primary N) is 2. The first-order valence-corrected chi connectivity index (χ1v) is 6.09. The number of nitrogens with one attached hydrogen (secondary N) is 1. The first-order chi connectivity index (χ1) is 8.95. The number of hydrogen-bond donors (Lipinski definition) is 3. The van der Waals surface area contributed by atoms with E-state index in [0.717, 1.165) is 6.42 Å². The monoisotopic (exact) mass is 265 g/mol. The summed E-state index contributed by atoms with van der Waals surface area (Å²) in [5.74, 6) is -0.640. The SMILES string of the molecule is CCCNC(=O)C(C)Oc1ccc(N)cc1C(N)=O. The van der Waals surface area contributed by atoms with Gasteiger partial charge in [-0.05, 0) is 31.5 Å². The number of ether oxygens (including phenoxy) is 1. The summed E-state index contributed by atoms with van der Waals surface area (Å²) in [6, 6.07) is 4.53. The van der Waals surface area contributed by atoms with Gasteiger partial charge in [-0.3, -0.25) is 9.59 Å². The standard InChI is InChI=1S/C13H19N3O3/c1-3-6-16-13(18)8(2)19-11-5-4-9(14)7-10(11)12(15)17/h4-5,7-8H,3,6,14H2,1-2H3,(H2,15,17)(H,16,18). The van der Waals surface area contributed by atoms with E-state index in [2.05, 4.69) is 5.32 Å². The molecule has 0 aromatic heterocycles. The number of nitrogen functional groups attached to an aromatic ring is 1. The second-order valence-corrected chi connectivity index (χ2v) is 4.17. The number of primary amides is 1. The first kappa shape index (κ1) is 14.8. The summed E-state index contributed by atoms with van der Waals surface area (Å²) in [5, 5.41) is 2.71. The average molecular weight is 265 g/mol. The van der Waals surface area contributed by atoms with Crippen LogP contribution in [0.5, 0.6) is 5.75 Å². The van der Waals surface area contributed by atoms with Crippen molar-refractivity contribution in [3.05, 3.63) is 23.8 Å². The van der Waals surface area contributed by atoms with Crippen LogP contribution in [0.4, 0.5) is 5.69 Å². The van der Waals surface area contributed by atoms with Crippen molar-refractivity contribution in [1.29, 1.82) is 0 Å². The predicted molar refractivity (Wildman–Crippen MR) is 72.8 cm³/mol. The Hall–Kier alpha value is -2.24. The summed E-state index contributed by atoms with van der Waals surface area (Å²) < 4.78 is 5.45. The van der Waals surface area contributed by atoms with E-state index in [9.17, 15) is 9.59 Å². The molecule has 6 nitrogen and oxygen atoms in total. The quantitative estimate of drug-likeness (QED) is 0.657. The van der Waals surface area contributed by atoms with Crippen molar-refractivity contribution in [2.75, 3.05) is 12.3 Å². The van der Waals surface area contributed by atoms with E-state index >= 15 is 0 Å². The van der Waals surface area contributed by atoms with Crippen LogP contribution in [0.25, 0.3) is 0 Å². The molecular formula is C13H19N3O3. The van der Waals surface area contributed by atoms with Gasteiger partial charge in [0, 0.05) is 12.2 Å². The highest BCUT2D eigenvalue weighted by Crippen LogP contribution is 2.22. The number of amides is 2.